The number of hydrogen-bond donors (Lipinski definition) is 3. The van der Waals surface area contributed by atoms with Crippen molar-refractivity contribution in [3.8, 4) is 0 Å². The maximum absolute atomic E-state index is 13.2. The largest absolute Gasteiger partial charge is 0.462 e. The van der Waals surface area contributed by atoms with Crippen molar-refractivity contribution in [3.63, 3.8) is 0 Å². The SMILES string of the molecule is CCCCC/C=C\C/C=C\CCCCCCCCCC(=O)OC(CCCCC/C=C/C=C/C=C/CCCCCCC)CC(=O)NC(CO)C(O)CCCCCCCCCCCCC. The first-order valence-corrected chi connectivity index (χ1v) is 27.0. The molecule has 1 amide bonds. The molecule has 3 unspecified atom stereocenters. The van der Waals surface area contributed by atoms with Crippen LogP contribution in [0.2, 0.25) is 0 Å². The molecule has 0 saturated carbocycles. The molecule has 0 aliphatic heterocycles. The third-order valence-corrected chi connectivity index (χ3v) is 12.1. The number of carbonyl (C=O) groups excluding carboxylic acids is 2. The molecule has 63 heavy (non-hydrogen) atoms. The average molecular weight is 882 g/mol. The van der Waals surface area contributed by atoms with Crippen molar-refractivity contribution in [2.24, 2.45) is 0 Å². The molecule has 0 fully saturated rings. The highest BCUT2D eigenvalue weighted by atomic mass is 16.5. The van der Waals surface area contributed by atoms with Gasteiger partial charge < -0.3 is 20.3 Å². The second-order valence-corrected chi connectivity index (χ2v) is 18.3. The normalized spacial score (nSPS) is 13.7. The van der Waals surface area contributed by atoms with Gasteiger partial charge in [0, 0.05) is 6.42 Å². The highest BCUT2D eigenvalue weighted by Crippen LogP contribution is 2.17. The van der Waals surface area contributed by atoms with E-state index in [2.05, 4.69) is 86.8 Å². The maximum atomic E-state index is 13.2. The van der Waals surface area contributed by atoms with Crippen LogP contribution in [0.4, 0.5) is 0 Å². The van der Waals surface area contributed by atoms with E-state index in [1.165, 1.54) is 135 Å². The molecule has 0 radical (unpaired) electrons. The number of esters is 1. The summed E-state index contributed by atoms with van der Waals surface area (Å²) in [5, 5.41) is 23.8. The highest BCUT2D eigenvalue weighted by molar-refractivity contribution is 5.77. The Balaban J connectivity index is 4.66. The molecule has 0 aliphatic rings. The lowest BCUT2D eigenvalue weighted by molar-refractivity contribution is -0.151. The topological polar surface area (TPSA) is 95.9 Å². The number of nitrogens with one attached hydrogen (secondary N) is 1. The number of rotatable bonds is 48. The highest BCUT2D eigenvalue weighted by Gasteiger charge is 2.24. The van der Waals surface area contributed by atoms with Crippen LogP contribution in [-0.2, 0) is 14.3 Å². The van der Waals surface area contributed by atoms with Crippen LogP contribution in [0.5, 0.6) is 0 Å². The number of hydrogen-bond acceptors (Lipinski definition) is 5. The van der Waals surface area contributed by atoms with Crippen LogP contribution in [-0.4, -0.2) is 46.9 Å². The zero-order valence-corrected chi connectivity index (χ0v) is 41.7. The predicted octanol–water partition coefficient (Wildman–Crippen LogP) is 16.4. The Morgan fingerprint density at radius 1 is 0.476 bits per heavy atom. The fourth-order valence-corrected chi connectivity index (χ4v) is 7.99. The standard InChI is InChI=1S/C57H103NO5/c1-4-7-10-13-16-19-22-24-26-28-30-32-35-38-41-44-47-50-57(62)63-53(48-45-42-39-36-34-31-29-27-25-23-20-17-14-11-8-5-2)51-56(61)58-54(52-59)55(60)49-46-43-40-37-33-21-18-15-12-9-6-3/h16,19,23-27,29,31,34,53-55,59-60H,4-15,17-18,20-22,28,30,32-33,35-52H2,1-3H3,(H,58,61)/b19-16-,25-23+,26-24-,29-27+,34-31+. The number of carbonyl (C=O) groups is 2. The summed E-state index contributed by atoms with van der Waals surface area (Å²) in [6.07, 6.45) is 62.8. The summed E-state index contributed by atoms with van der Waals surface area (Å²) in [5.41, 5.74) is 0. The second kappa shape index (κ2) is 50.6. The Morgan fingerprint density at radius 3 is 1.38 bits per heavy atom. The molecule has 6 heteroatoms. The Kier molecular flexibility index (Phi) is 48.6. The van der Waals surface area contributed by atoms with Crippen molar-refractivity contribution < 1.29 is 24.5 Å². The first kappa shape index (κ1) is 60.6. The fraction of sp³-hybridized carbons (Fsp3) is 0.789. The molecular formula is C57H103NO5. The molecule has 0 heterocycles. The van der Waals surface area contributed by atoms with Crippen LogP contribution >= 0.6 is 0 Å². The minimum atomic E-state index is -0.799. The Hall–Kier alpha value is -2.44. The van der Waals surface area contributed by atoms with Gasteiger partial charge in [-0.15, -0.1) is 0 Å². The molecule has 0 aromatic rings. The Morgan fingerprint density at radius 2 is 0.873 bits per heavy atom. The van der Waals surface area contributed by atoms with Crippen molar-refractivity contribution in [1.82, 2.24) is 5.32 Å². The lowest BCUT2D eigenvalue weighted by Gasteiger charge is -2.24. The van der Waals surface area contributed by atoms with E-state index in [9.17, 15) is 19.8 Å². The summed E-state index contributed by atoms with van der Waals surface area (Å²) < 4.78 is 5.93. The monoisotopic (exact) mass is 882 g/mol. The maximum Gasteiger partial charge on any atom is 0.306 e. The predicted molar refractivity (Wildman–Crippen MR) is 273 cm³/mol. The van der Waals surface area contributed by atoms with E-state index in [1.54, 1.807) is 0 Å². The van der Waals surface area contributed by atoms with E-state index < -0.39 is 18.2 Å². The number of allylic oxidation sites excluding steroid dienone is 10. The van der Waals surface area contributed by atoms with Gasteiger partial charge in [0.05, 0.1) is 25.2 Å². The number of unbranched alkanes of at least 4 members (excludes halogenated alkanes) is 28. The zero-order valence-electron chi connectivity index (χ0n) is 41.7. The van der Waals surface area contributed by atoms with Gasteiger partial charge in [0.15, 0.2) is 0 Å². The van der Waals surface area contributed by atoms with Crippen LogP contribution in [0.25, 0.3) is 0 Å². The van der Waals surface area contributed by atoms with E-state index in [1.807, 2.05) is 0 Å². The van der Waals surface area contributed by atoms with Gasteiger partial charge in [0.2, 0.25) is 5.91 Å². The lowest BCUT2D eigenvalue weighted by atomic mass is 10.0. The molecule has 3 atom stereocenters. The minimum Gasteiger partial charge on any atom is -0.462 e. The van der Waals surface area contributed by atoms with Gasteiger partial charge in [-0.2, -0.15) is 0 Å². The number of ether oxygens (including phenoxy) is 1. The van der Waals surface area contributed by atoms with Crippen molar-refractivity contribution in [3.05, 3.63) is 60.8 Å². The van der Waals surface area contributed by atoms with Crippen molar-refractivity contribution >= 4 is 11.9 Å². The van der Waals surface area contributed by atoms with E-state index >= 15 is 0 Å². The molecule has 0 spiro atoms. The number of aliphatic hydroxyl groups is 2. The van der Waals surface area contributed by atoms with Gasteiger partial charge in [-0.1, -0.05) is 229 Å². The van der Waals surface area contributed by atoms with Gasteiger partial charge in [0.1, 0.15) is 6.10 Å². The smallest absolute Gasteiger partial charge is 0.306 e. The van der Waals surface area contributed by atoms with E-state index in [0.29, 0.717) is 19.3 Å². The summed E-state index contributed by atoms with van der Waals surface area (Å²) in [7, 11) is 0. The lowest BCUT2D eigenvalue weighted by Crippen LogP contribution is -2.46. The average Bonchev–Trinajstić information content (AvgIpc) is 3.28. The molecule has 0 aliphatic carbocycles. The van der Waals surface area contributed by atoms with E-state index in [4.69, 9.17) is 4.74 Å². The van der Waals surface area contributed by atoms with Crippen LogP contribution in [0, 0.1) is 0 Å². The first-order valence-electron chi connectivity index (χ1n) is 27.0. The number of aliphatic hydroxyl groups excluding tert-OH is 2. The summed E-state index contributed by atoms with van der Waals surface area (Å²) in [4.78, 5) is 26.2. The van der Waals surface area contributed by atoms with Crippen molar-refractivity contribution in [2.45, 2.75) is 283 Å². The zero-order chi connectivity index (χ0) is 45.9. The Labute approximate surface area is 390 Å². The van der Waals surface area contributed by atoms with Gasteiger partial charge in [-0.3, -0.25) is 9.59 Å². The van der Waals surface area contributed by atoms with Crippen LogP contribution in [0.1, 0.15) is 265 Å². The molecule has 0 rings (SSSR count). The van der Waals surface area contributed by atoms with Crippen molar-refractivity contribution in [1.29, 1.82) is 0 Å². The van der Waals surface area contributed by atoms with Crippen molar-refractivity contribution in [2.75, 3.05) is 6.61 Å². The minimum absolute atomic E-state index is 0.0509. The Bertz CT molecular complexity index is 1130. The summed E-state index contributed by atoms with van der Waals surface area (Å²) in [6, 6.07) is -0.715. The van der Waals surface area contributed by atoms with Gasteiger partial charge >= 0.3 is 5.97 Å². The van der Waals surface area contributed by atoms with Gasteiger partial charge in [-0.05, 0) is 83.5 Å². The molecule has 0 aromatic carbocycles. The third-order valence-electron chi connectivity index (χ3n) is 12.1. The fourth-order valence-electron chi connectivity index (χ4n) is 7.99. The molecule has 3 N–H and O–H groups in total. The summed E-state index contributed by atoms with van der Waals surface area (Å²) in [6.45, 7) is 6.43. The van der Waals surface area contributed by atoms with E-state index in [-0.39, 0.29) is 24.9 Å². The summed E-state index contributed by atoms with van der Waals surface area (Å²) in [5.74, 6) is -0.513. The van der Waals surface area contributed by atoms with Crippen LogP contribution in [0.3, 0.4) is 0 Å². The third kappa shape index (κ3) is 45.9. The molecule has 0 bridgehead atoms. The van der Waals surface area contributed by atoms with Crippen LogP contribution in [0.15, 0.2) is 60.8 Å². The van der Waals surface area contributed by atoms with E-state index in [0.717, 1.165) is 83.5 Å². The number of amides is 1. The van der Waals surface area contributed by atoms with Crippen LogP contribution < -0.4 is 5.32 Å². The molecule has 0 saturated heterocycles. The molecule has 366 valence electrons. The molecular weight excluding hydrogens is 779 g/mol. The summed E-state index contributed by atoms with van der Waals surface area (Å²) >= 11 is 0. The molecule has 6 nitrogen and oxygen atoms in total. The van der Waals surface area contributed by atoms with Gasteiger partial charge in [0.25, 0.3) is 0 Å². The molecule has 0 aromatic heterocycles. The van der Waals surface area contributed by atoms with Gasteiger partial charge in [-0.25, -0.2) is 0 Å². The quantitative estimate of drug-likeness (QED) is 0.0245. The second-order valence-electron chi connectivity index (χ2n) is 18.3. The first-order chi connectivity index (χ1) is 31.0.